The molecule has 3 aromatic rings. The average Bonchev–Trinajstić information content (AvgIpc) is 3.28. The molecule has 1 aliphatic heterocycles. The SMILES string of the molecule is COc1ccc(Cl)cc1C(=O)N1CCCC(c2nnc(-c3ccc(C(F)(F)F)cc3)o2)C1. The smallest absolute Gasteiger partial charge is 0.416 e. The minimum atomic E-state index is -4.41. The fourth-order valence-corrected chi connectivity index (χ4v) is 3.87. The van der Waals surface area contributed by atoms with Crippen LogP contribution in [0.15, 0.2) is 46.9 Å². The van der Waals surface area contributed by atoms with Crippen LogP contribution in [-0.2, 0) is 6.18 Å². The van der Waals surface area contributed by atoms with Gasteiger partial charge in [0, 0.05) is 23.7 Å². The number of rotatable bonds is 4. The lowest BCUT2D eigenvalue weighted by molar-refractivity contribution is -0.137. The molecular weight excluding hydrogens is 447 g/mol. The van der Waals surface area contributed by atoms with Gasteiger partial charge in [-0.25, -0.2) is 0 Å². The minimum Gasteiger partial charge on any atom is -0.496 e. The highest BCUT2D eigenvalue weighted by Crippen LogP contribution is 2.33. The number of likely N-dealkylation sites (tertiary alicyclic amines) is 1. The standard InChI is InChI=1S/C22H19ClF3N3O3/c1-31-18-9-8-16(23)11-17(18)21(30)29-10-2-3-14(12-29)20-28-27-19(32-20)13-4-6-15(7-5-13)22(24,25)26/h4-9,11,14H,2-3,10,12H2,1H3. The van der Waals surface area contributed by atoms with Crippen molar-refractivity contribution in [2.24, 2.45) is 0 Å². The van der Waals surface area contributed by atoms with Gasteiger partial charge in [-0.05, 0) is 55.3 Å². The van der Waals surface area contributed by atoms with E-state index in [1.165, 1.54) is 19.2 Å². The molecular formula is C22H19ClF3N3O3. The lowest BCUT2D eigenvalue weighted by atomic mass is 9.97. The summed E-state index contributed by atoms with van der Waals surface area (Å²) in [5, 5.41) is 8.49. The van der Waals surface area contributed by atoms with Gasteiger partial charge in [0.05, 0.1) is 24.2 Å². The van der Waals surface area contributed by atoms with Crippen LogP contribution in [0.1, 0.15) is 40.6 Å². The molecule has 1 fully saturated rings. The third-order valence-corrected chi connectivity index (χ3v) is 5.58. The molecule has 0 aliphatic carbocycles. The Morgan fingerprint density at radius 3 is 2.62 bits per heavy atom. The number of hydrogen-bond acceptors (Lipinski definition) is 5. The lowest BCUT2D eigenvalue weighted by Gasteiger charge is -2.31. The highest BCUT2D eigenvalue weighted by molar-refractivity contribution is 6.31. The number of amides is 1. The van der Waals surface area contributed by atoms with Gasteiger partial charge in [0.15, 0.2) is 0 Å². The van der Waals surface area contributed by atoms with E-state index >= 15 is 0 Å². The number of ether oxygens (including phenoxy) is 1. The van der Waals surface area contributed by atoms with Crippen molar-refractivity contribution in [3.8, 4) is 17.2 Å². The van der Waals surface area contributed by atoms with E-state index in [0.717, 1.165) is 25.0 Å². The predicted octanol–water partition coefficient (Wildman–Crippen LogP) is 5.44. The Hall–Kier alpha value is -3.07. The highest BCUT2D eigenvalue weighted by Gasteiger charge is 2.32. The maximum Gasteiger partial charge on any atom is 0.416 e. The molecule has 0 bridgehead atoms. The number of benzene rings is 2. The molecule has 0 spiro atoms. The third kappa shape index (κ3) is 4.57. The maximum absolute atomic E-state index is 13.1. The van der Waals surface area contributed by atoms with Crippen LogP contribution in [0.5, 0.6) is 5.75 Å². The van der Waals surface area contributed by atoms with E-state index in [0.29, 0.717) is 40.9 Å². The summed E-state index contributed by atoms with van der Waals surface area (Å²) in [5.41, 5.74) is 0.0136. The first-order chi connectivity index (χ1) is 15.3. The van der Waals surface area contributed by atoms with Crippen molar-refractivity contribution in [2.45, 2.75) is 24.9 Å². The number of aromatic nitrogens is 2. The number of halogens is 4. The van der Waals surface area contributed by atoms with Gasteiger partial charge in [-0.1, -0.05) is 11.6 Å². The van der Waals surface area contributed by atoms with Gasteiger partial charge in [0.2, 0.25) is 11.8 Å². The van der Waals surface area contributed by atoms with Crippen LogP contribution in [0.2, 0.25) is 5.02 Å². The second-order valence-electron chi connectivity index (χ2n) is 7.46. The van der Waals surface area contributed by atoms with E-state index in [-0.39, 0.29) is 17.7 Å². The molecule has 1 aromatic heterocycles. The molecule has 1 saturated heterocycles. The predicted molar refractivity (Wildman–Crippen MR) is 111 cm³/mol. The van der Waals surface area contributed by atoms with Crippen LogP contribution in [0.4, 0.5) is 13.2 Å². The van der Waals surface area contributed by atoms with E-state index in [1.807, 2.05) is 0 Å². The molecule has 1 amide bonds. The van der Waals surface area contributed by atoms with Crippen molar-refractivity contribution in [2.75, 3.05) is 20.2 Å². The molecule has 10 heteroatoms. The van der Waals surface area contributed by atoms with Crippen LogP contribution in [0.25, 0.3) is 11.5 Å². The second-order valence-corrected chi connectivity index (χ2v) is 7.89. The Balaban J connectivity index is 1.50. The van der Waals surface area contributed by atoms with Crippen LogP contribution >= 0.6 is 11.6 Å². The summed E-state index contributed by atoms with van der Waals surface area (Å²) in [6.45, 7) is 0.925. The van der Waals surface area contributed by atoms with Crippen LogP contribution < -0.4 is 4.74 Å². The summed E-state index contributed by atoms with van der Waals surface area (Å²) in [6.07, 6.45) is -2.94. The topological polar surface area (TPSA) is 68.5 Å². The van der Waals surface area contributed by atoms with Gasteiger partial charge < -0.3 is 14.1 Å². The number of methoxy groups -OCH3 is 1. The first-order valence-corrected chi connectivity index (χ1v) is 10.3. The number of nitrogens with zero attached hydrogens (tertiary/aromatic N) is 3. The number of carbonyl (C=O) groups is 1. The summed E-state index contributed by atoms with van der Waals surface area (Å²) in [4.78, 5) is 14.8. The van der Waals surface area contributed by atoms with Gasteiger partial charge in [0.25, 0.3) is 5.91 Å². The molecule has 2 heterocycles. The Morgan fingerprint density at radius 2 is 1.94 bits per heavy atom. The molecule has 6 nitrogen and oxygen atoms in total. The Labute approximate surface area is 186 Å². The van der Waals surface area contributed by atoms with E-state index in [9.17, 15) is 18.0 Å². The number of carbonyl (C=O) groups excluding carboxylic acids is 1. The van der Waals surface area contributed by atoms with Crippen molar-refractivity contribution in [1.82, 2.24) is 15.1 Å². The zero-order valence-corrected chi connectivity index (χ0v) is 17.8. The van der Waals surface area contributed by atoms with Crippen LogP contribution in [0, 0.1) is 0 Å². The fraction of sp³-hybridized carbons (Fsp3) is 0.318. The molecule has 1 aliphatic rings. The van der Waals surface area contributed by atoms with Gasteiger partial charge in [-0.15, -0.1) is 10.2 Å². The van der Waals surface area contributed by atoms with Gasteiger partial charge in [0.1, 0.15) is 5.75 Å². The first-order valence-electron chi connectivity index (χ1n) is 9.90. The summed E-state index contributed by atoms with van der Waals surface area (Å²) in [7, 11) is 1.49. The molecule has 0 radical (unpaired) electrons. The van der Waals surface area contributed by atoms with Crippen molar-refractivity contribution in [3.63, 3.8) is 0 Å². The molecule has 32 heavy (non-hydrogen) atoms. The quantitative estimate of drug-likeness (QED) is 0.513. The summed E-state index contributed by atoms with van der Waals surface area (Å²) in [6, 6.07) is 9.39. The second kappa shape index (κ2) is 8.82. The van der Waals surface area contributed by atoms with E-state index in [4.69, 9.17) is 20.8 Å². The first kappa shape index (κ1) is 22.1. The largest absolute Gasteiger partial charge is 0.496 e. The van der Waals surface area contributed by atoms with Crippen molar-refractivity contribution in [3.05, 3.63) is 64.5 Å². The Morgan fingerprint density at radius 1 is 1.19 bits per heavy atom. The average molecular weight is 466 g/mol. The zero-order chi connectivity index (χ0) is 22.9. The van der Waals surface area contributed by atoms with E-state index in [1.54, 1.807) is 23.1 Å². The lowest BCUT2D eigenvalue weighted by Crippen LogP contribution is -2.39. The van der Waals surface area contributed by atoms with Crippen LogP contribution in [0.3, 0.4) is 0 Å². The fourth-order valence-electron chi connectivity index (χ4n) is 3.70. The number of alkyl halides is 3. The highest BCUT2D eigenvalue weighted by atomic mass is 35.5. The summed E-state index contributed by atoms with van der Waals surface area (Å²) < 4.78 is 49.3. The van der Waals surface area contributed by atoms with Crippen LogP contribution in [-0.4, -0.2) is 41.2 Å². The molecule has 168 valence electrons. The molecule has 4 rings (SSSR count). The zero-order valence-electron chi connectivity index (χ0n) is 17.0. The molecule has 1 unspecified atom stereocenters. The number of piperidine rings is 1. The summed E-state index contributed by atoms with van der Waals surface area (Å²) in [5.74, 6) is 0.512. The maximum atomic E-state index is 13.1. The van der Waals surface area contributed by atoms with Gasteiger partial charge in [-0.2, -0.15) is 13.2 Å². The van der Waals surface area contributed by atoms with E-state index < -0.39 is 11.7 Å². The Bertz CT molecular complexity index is 1120. The van der Waals surface area contributed by atoms with Gasteiger partial charge in [-0.3, -0.25) is 4.79 Å². The molecule has 0 N–H and O–H groups in total. The Kier molecular flexibility index (Phi) is 6.10. The molecule has 0 saturated carbocycles. The third-order valence-electron chi connectivity index (χ3n) is 5.35. The van der Waals surface area contributed by atoms with Gasteiger partial charge >= 0.3 is 6.18 Å². The van der Waals surface area contributed by atoms with Crippen molar-refractivity contribution < 1.29 is 27.1 Å². The van der Waals surface area contributed by atoms with E-state index in [2.05, 4.69) is 10.2 Å². The summed E-state index contributed by atoms with van der Waals surface area (Å²) >= 11 is 6.06. The monoisotopic (exact) mass is 465 g/mol. The number of hydrogen-bond donors (Lipinski definition) is 0. The van der Waals surface area contributed by atoms with Crippen molar-refractivity contribution in [1.29, 1.82) is 0 Å². The normalized spacial score (nSPS) is 16.8. The minimum absolute atomic E-state index is 0.133. The molecule has 1 atom stereocenters. The molecule has 2 aromatic carbocycles. The van der Waals surface area contributed by atoms with Crippen molar-refractivity contribution >= 4 is 17.5 Å².